The first-order chi connectivity index (χ1) is 6.61. The van der Waals surface area contributed by atoms with E-state index in [1.54, 1.807) is 14.2 Å². The second-order valence-electron chi connectivity index (χ2n) is 2.94. The highest BCUT2D eigenvalue weighted by Gasteiger charge is 2.12. The van der Waals surface area contributed by atoms with E-state index in [9.17, 15) is 0 Å². The molecule has 0 unspecified atom stereocenters. The first kappa shape index (κ1) is 11.4. The number of hydrogen-bond acceptors (Lipinski definition) is 2. The second kappa shape index (κ2) is 4.68. The zero-order chi connectivity index (χ0) is 10.7. The molecule has 76 valence electrons. The van der Waals surface area contributed by atoms with E-state index in [1.165, 1.54) is 0 Å². The molecule has 0 N–H and O–H groups in total. The van der Waals surface area contributed by atoms with Gasteiger partial charge in [-0.25, -0.2) is 0 Å². The van der Waals surface area contributed by atoms with Crippen LogP contribution in [0.5, 0.6) is 11.5 Å². The maximum absolute atomic E-state index is 5.28. The molecule has 1 aromatic rings. The Morgan fingerprint density at radius 2 is 1.93 bits per heavy atom. The monoisotopic (exact) mass is 304 g/mol. The Labute approximate surface area is 98.1 Å². The average Bonchev–Trinajstić information content (AvgIpc) is 2.16. The molecule has 1 aromatic carbocycles. The first-order valence-electron chi connectivity index (χ1n) is 4.18. The van der Waals surface area contributed by atoms with Gasteiger partial charge in [-0.1, -0.05) is 6.58 Å². The molecule has 0 bridgehead atoms. The third-order valence-electron chi connectivity index (χ3n) is 1.94. The van der Waals surface area contributed by atoms with Gasteiger partial charge >= 0.3 is 0 Å². The van der Waals surface area contributed by atoms with Crippen LogP contribution in [0.3, 0.4) is 0 Å². The predicted molar refractivity (Wildman–Crippen MR) is 67.0 cm³/mol. The van der Waals surface area contributed by atoms with Crippen molar-refractivity contribution >= 4 is 28.2 Å². The Bertz CT molecular complexity index is 359. The van der Waals surface area contributed by atoms with Crippen molar-refractivity contribution in [2.45, 2.75) is 6.92 Å². The smallest absolute Gasteiger partial charge is 0.174 e. The lowest BCUT2D eigenvalue weighted by atomic mass is 10.1. The number of ether oxygens (including phenoxy) is 2. The SMILES string of the molecule is C=C(C)c1ccc(OC)c(OC)c1I. The van der Waals surface area contributed by atoms with E-state index in [-0.39, 0.29) is 0 Å². The minimum absolute atomic E-state index is 0.752. The van der Waals surface area contributed by atoms with Gasteiger partial charge in [0.05, 0.1) is 17.8 Å². The molecule has 14 heavy (non-hydrogen) atoms. The summed E-state index contributed by atoms with van der Waals surface area (Å²) in [7, 11) is 3.27. The Hall–Kier alpha value is -0.710. The standard InChI is InChI=1S/C11H13IO2/c1-7(2)8-5-6-9(13-3)11(14-4)10(8)12/h5-6H,1H2,2-4H3. The molecule has 2 nitrogen and oxygen atoms in total. The van der Waals surface area contributed by atoms with E-state index in [4.69, 9.17) is 9.47 Å². The lowest BCUT2D eigenvalue weighted by Gasteiger charge is -2.12. The van der Waals surface area contributed by atoms with Crippen LogP contribution in [0.15, 0.2) is 18.7 Å². The van der Waals surface area contributed by atoms with E-state index >= 15 is 0 Å². The fourth-order valence-corrected chi connectivity index (χ4v) is 2.35. The summed E-state index contributed by atoms with van der Waals surface area (Å²) in [5, 5.41) is 0. The van der Waals surface area contributed by atoms with Crippen molar-refractivity contribution in [1.82, 2.24) is 0 Å². The third-order valence-corrected chi connectivity index (χ3v) is 3.02. The van der Waals surface area contributed by atoms with Crippen LogP contribution < -0.4 is 9.47 Å². The zero-order valence-electron chi connectivity index (χ0n) is 8.56. The van der Waals surface area contributed by atoms with Gasteiger partial charge in [0.25, 0.3) is 0 Å². The maximum atomic E-state index is 5.28. The molecule has 0 aliphatic heterocycles. The molecule has 0 heterocycles. The van der Waals surface area contributed by atoms with Gasteiger partial charge in [-0.15, -0.1) is 0 Å². The minimum atomic E-state index is 0.752. The average molecular weight is 304 g/mol. The van der Waals surface area contributed by atoms with Gasteiger partial charge in [0.2, 0.25) is 0 Å². The summed E-state index contributed by atoms with van der Waals surface area (Å²) in [5.41, 5.74) is 2.12. The molecule has 0 aliphatic carbocycles. The molecule has 0 saturated carbocycles. The zero-order valence-corrected chi connectivity index (χ0v) is 10.7. The molecular formula is C11H13IO2. The molecular weight excluding hydrogens is 291 g/mol. The third kappa shape index (κ3) is 2.03. The van der Waals surface area contributed by atoms with Crippen molar-refractivity contribution < 1.29 is 9.47 Å². The highest BCUT2D eigenvalue weighted by Crippen LogP contribution is 2.36. The van der Waals surface area contributed by atoms with Gasteiger partial charge in [0.15, 0.2) is 11.5 Å². The van der Waals surface area contributed by atoms with Gasteiger partial charge in [0.1, 0.15) is 0 Å². The summed E-state index contributed by atoms with van der Waals surface area (Å²) in [5.74, 6) is 1.52. The van der Waals surface area contributed by atoms with Gasteiger partial charge in [0, 0.05) is 0 Å². The Morgan fingerprint density at radius 3 is 2.36 bits per heavy atom. The summed E-state index contributed by atoms with van der Waals surface area (Å²) in [6, 6.07) is 3.89. The van der Waals surface area contributed by atoms with Crippen LogP contribution in [-0.4, -0.2) is 14.2 Å². The van der Waals surface area contributed by atoms with Crippen LogP contribution in [0.2, 0.25) is 0 Å². The van der Waals surface area contributed by atoms with E-state index in [0.717, 1.165) is 26.2 Å². The van der Waals surface area contributed by atoms with Crippen molar-refractivity contribution in [3.05, 3.63) is 27.8 Å². The Morgan fingerprint density at radius 1 is 1.29 bits per heavy atom. The summed E-state index contributed by atoms with van der Waals surface area (Å²) in [6.45, 7) is 5.89. The molecule has 0 atom stereocenters. The van der Waals surface area contributed by atoms with Gasteiger partial charge < -0.3 is 9.47 Å². The van der Waals surface area contributed by atoms with E-state index in [2.05, 4.69) is 29.2 Å². The van der Waals surface area contributed by atoms with Crippen molar-refractivity contribution in [1.29, 1.82) is 0 Å². The minimum Gasteiger partial charge on any atom is -0.493 e. The number of hydrogen-bond donors (Lipinski definition) is 0. The molecule has 0 aromatic heterocycles. The predicted octanol–water partition coefficient (Wildman–Crippen LogP) is 3.34. The van der Waals surface area contributed by atoms with E-state index < -0.39 is 0 Å². The van der Waals surface area contributed by atoms with Crippen molar-refractivity contribution in [3.63, 3.8) is 0 Å². The second-order valence-corrected chi connectivity index (χ2v) is 4.02. The number of benzene rings is 1. The number of allylic oxidation sites excluding steroid dienone is 1. The number of methoxy groups -OCH3 is 2. The van der Waals surface area contributed by atoms with E-state index in [1.807, 2.05) is 19.1 Å². The van der Waals surface area contributed by atoms with Gasteiger partial charge in [-0.05, 0) is 52.8 Å². The number of rotatable bonds is 3. The maximum Gasteiger partial charge on any atom is 0.174 e. The summed E-state index contributed by atoms with van der Waals surface area (Å²) in [6.07, 6.45) is 0. The van der Waals surface area contributed by atoms with Crippen LogP contribution >= 0.6 is 22.6 Å². The molecule has 1 rings (SSSR count). The fraction of sp³-hybridized carbons (Fsp3) is 0.273. The van der Waals surface area contributed by atoms with Gasteiger partial charge in [-0.2, -0.15) is 0 Å². The molecule has 3 heteroatoms. The largest absolute Gasteiger partial charge is 0.493 e. The van der Waals surface area contributed by atoms with Crippen LogP contribution in [-0.2, 0) is 0 Å². The molecule has 0 saturated heterocycles. The van der Waals surface area contributed by atoms with Crippen LogP contribution in [0.25, 0.3) is 5.57 Å². The molecule has 0 amide bonds. The van der Waals surface area contributed by atoms with Crippen LogP contribution in [0.1, 0.15) is 12.5 Å². The van der Waals surface area contributed by atoms with Crippen molar-refractivity contribution in [2.24, 2.45) is 0 Å². The van der Waals surface area contributed by atoms with Crippen LogP contribution in [0.4, 0.5) is 0 Å². The quantitative estimate of drug-likeness (QED) is 0.797. The van der Waals surface area contributed by atoms with E-state index in [0.29, 0.717) is 0 Å². The van der Waals surface area contributed by atoms with Crippen LogP contribution in [0, 0.1) is 3.57 Å². The number of halogens is 1. The van der Waals surface area contributed by atoms with Crippen molar-refractivity contribution in [3.8, 4) is 11.5 Å². The Kier molecular flexibility index (Phi) is 3.80. The molecule has 0 spiro atoms. The fourth-order valence-electron chi connectivity index (χ4n) is 1.22. The molecule has 0 aliphatic rings. The lowest BCUT2D eigenvalue weighted by Crippen LogP contribution is -1.95. The summed E-state index contributed by atoms with van der Waals surface area (Å²) in [4.78, 5) is 0. The lowest BCUT2D eigenvalue weighted by molar-refractivity contribution is 0.353. The topological polar surface area (TPSA) is 18.5 Å². The first-order valence-corrected chi connectivity index (χ1v) is 5.26. The normalized spacial score (nSPS) is 9.71. The molecule has 0 fully saturated rings. The summed E-state index contributed by atoms with van der Waals surface area (Å²) >= 11 is 2.24. The Balaban J connectivity index is 3.34. The summed E-state index contributed by atoms with van der Waals surface area (Å²) < 4.78 is 11.5. The van der Waals surface area contributed by atoms with Crippen molar-refractivity contribution in [2.75, 3.05) is 14.2 Å². The highest BCUT2D eigenvalue weighted by atomic mass is 127. The van der Waals surface area contributed by atoms with Gasteiger partial charge in [-0.3, -0.25) is 0 Å². The molecule has 0 radical (unpaired) electrons. The highest BCUT2D eigenvalue weighted by molar-refractivity contribution is 14.1.